The van der Waals surface area contributed by atoms with E-state index in [4.69, 9.17) is 0 Å². The van der Waals surface area contributed by atoms with E-state index in [-0.39, 0.29) is 5.88 Å². The topological polar surface area (TPSA) is 82.2 Å². The SMILES string of the molecule is Cc1ccc2c(c1)c(N=NC(=O)NCc1ccccc1)c(O)n2CCN(C(C)C)C(C)C. The van der Waals surface area contributed by atoms with Crippen LogP contribution in [0.3, 0.4) is 0 Å². The number of hydrogen-bond donors (Lipinski definition) is 2. The zero-order valence-corrected chi connectivity index (χ0v) is 19.5. The van der Waals surface area contributed by atoms with Crippen molar-refractivity contribution in [2.75, 3.05) is 6.54 Å². The smallest absolute Gasteiger partial charge is 0.359 e. The van der Waals surface area contributed by atoms with Crippen LogP contribution >= 0.6 is 0 Å². The average molecular weight is 436 g/mol. The van der Waals surface area contributed by atoms with E-state index in [1.807, 2.05) is 60.0 Å². The zero-order chi connectivity index (χ0) is 23.3. The van der Waals surface area contributed by atoms with Gasteiger partial charge in [-0.15, -0.1) is 5.11 Å². The molecule has 170 valence electrons. The van der Waals surface area contributed by atoms with Crippen molar-refractivity contribution in [2.45, 2.75) is 59.8 Å². The van der Waals surface area contributed by atoms with Crippen molar-refractivity contribution < 1.29 is 9.90 Å². The van der Waals surface area contributed by atoms with Gasteiger partial charge in [0.15, 0.2) is 5.69 Å². The third-order valence-corrected chi connectivity index (χ3v) is 5.60. The molecule has 0 fully saturated rings. The molecule has 0 radical (unpaired) electrons. The Morgan fingerprint density at radius 3 is 2.44 bits per heavy atom. The number of aryl methyl sites for hydroxylation is 1. The maximum atomic E-state index is 12.2. The van der Waals surface area contributed by atoms with Crippen molar-refractivity contribution >= 4 is 22.6 Å². The van der Waals surface area contributed by atoms with Crippen molar-refractivity contribution in [1.82, 2.24) is 14.8 Å². The first-order chi connectivity index (χ1) is 15.3. The van der Waals surface area contributed by atoms with Gasteiger partial charge in [-0.1, -0.05) is 47.1 Å². The van der Waals surface area contributed by atoms with Gasteiger partial charge in [0, 0.05) is 37.1 Å². The fourth-order valence-electron chi connectivity index (χ4n) is 3.99. The molecule has 0 aliphatic carbocycles. The van der Waals surface area contributed by atoms with Gasteiger partial charge in [-0.05, 0) is 52.3 Å². The van der Waals surface area contributed by atoms with Crippen molar-refractivity contribution in [3.63, 3.8) is 0 Å². The van der Waals surface area contributed by atoms with Gasteiger partial charge in [0.1, 0.15) is 0 Å². The molecule has 0 bridgehead atoms. The summed E-state index contributed by atoms with van der Waals surface area (Å²) in [6.07, 6.45) is 0. The number of aromatic nitrogens is 1. The Bertz CT molecular complexity index is 1080. The number of hydrogen-bond acceptors (Lipinski definition) is 4. The summed E-state index contributed by atoms with van der Waals surface area (Å²) in [6, 6.07) is 15.8. The highest BCUT2D eigenvalue weighted by Crippen LogP contribution is 2.39. The summed E-state index contributed by atoms with van der Waals surface area (Å²) in [7, 11) is 0. The van der Waals surface area contributed by atoms with Gasteiger partial charge in [0.25, 0.3) is 0 Å². The van der Waals surface area contributed by atoms with Gasteiger partial charge in [-0.2, -0.15) is 0 Å². The van der Waals surface area contributed by atoms with Crippen LogP contribution in [-0.2, 0) is 13.1 Å². The van der Waals surface area contributed by atoms with Crippen LogP contribution in [-0.4, -0.2) is 39.2 Å². The lowest BCUT2D eigenvalue weighted by atomic mass is 10.1. The second-order valence-electron chi connectivity index (χ2n) is 8.61. The van der Waals surface area contributed by atoms with Crippen LogP contribution < -0.4 is 5.32 Å². The van der Waals surface area contributed by atoms with Gasteiger partial charge >= 0.3 is 6.03 Å². The Balaban J connectivity index is 1.83. The summed E-state index contributed by atoms with van der Waals surface area (Å²) in [5.41, 5.74) is 3.22. The molecule has 2 N–H and O–H groups in total. The number of nitrogens with one attached hydrogen (secondary N) is 1. The third-order valence-electron chi connectivity index (χ3n) is 5.60. The van der Waals surface area contributed by atoms with Crippen LogP contribution in [0.25, 0.3) is 10.9 Å². The number of carbonyl (C=O) groups is 1. The molecule has 2 aromatic carbocycles. The first kappa shape index (κ1) is 23.5. The fraction of sp³-hybridized carbons (Fsp3) is 0.400. The predicted molar refractivity (Wildman–Crippen MR) is 129 cm³/mol. The van der Waals surface area contributed by atoms with Crippen LogP contribution in [0.4, 0.5) is 10.5 Å². The summed E-state index contributed by atoms with van der Waals surface area (Å²) in [5, 5.41) is 22.4. The molecule has 0 aliphatic rings. The molecule has 32 heavy (non-hydrogen) atoms. The largest absolute Gasteiger partial charge is 0.493 e. The second kappa shape index (κ2) is 10.4. The number of benzene rings is 2. The van der Waals surface area contributed by atoms with Crippen LogP contribution in [0.1, 0.15) is 38.8 Å². The molecule has 0 atom stereocenters. The molecule has 0 saturated carbocycles. The van der Waals surface area contributed by atoms with E-state index in [9.17, 15) is 9.90 Å². The lowest BCUT2D eigenvalue weighted by molar-refractivity contribution is 0.167. The summed E-state index contributed by atoms with van der Waals surface area (Å²) >= 11 is 0. The highest BCUT2D eigenvalue weighted by Gasteiger charge is 2.19. The fourth-order valence-corrected chi connectivity index (χ4v) is 3.99. The third kappa shape index (κ3) is 5.53. The number of aromatic hydroxyl groups is 1. The first-order valence-corrected chi connectivity index (χ1v) is 11.1. The van der Waals surface area contributed by atoms with Crippen LogP contribution in [0, 0.1) is 6.92 Å². The summed E-state index contributed by atoms with van der Waals surface area (Å²) < 4.78 is 1.85. The van der Waals surface area contributed by atoms with E-state index in [1.54, 1.807) is 0 Å². The van der Waals surface area contributed by atoms with E-state index in [2.05, 4.69) is 48.1 Å². The Morgan fingerprint density at radius 2 is 1.78 bits per heavy atom. The molecule has 1 heterocycles. The average Bonchev–Trinajstić information content (AvgIpc) is 3.01. The Morgan fingerprint density at radius 1 is 1.09 bits per heavy atom. The number of urea groups is 1. The number of amides is 2. The standard InChI is InChI=1S/C25H33N5O2/c1-17(2)29(18(3)4)13-14-30-22-12-11-19(5)15-21(22)23(24(30)31)27-28-25(32)26-16-20-9-7-6-8-10-20/h6-12,15,17-18,31H,13-14,16H2,1-5H3,(H,26,32). The first-order valence-electron chi connectivity index (χ1n) is 11.1. The highest BCUT2D eigenvalue weighted by molar-refractivity contribution is 5.95. The lowest BCUT2D eigenvalue weighted by Crippen LogP contribution is -2.39. The minimum atomic E-state index is -0.549. The Labute approximate surface area is 189 Å². The maximum Gasteiger partial charge on any atom is 0.359 e. The normalized spacial score (nSPS) is 12.0. The van der Waals surface area contributed by atoms with Crippen molar-refractivity contribution in [3.8, 4) is 5.88 Å². The molecular weight excluding hydrogens is 402 g/mol. The zero-order valence-electron chi connectivity index (χ0n) is 19.5. The Kier molecular flexibility index (Phi) is 7.64. The monoisotopic (exact) mass is 435 g/mol. The number of fused-ring (bicyclic) bond motifs is 1. The quantitative estimate of drug-likeness (QED) is 0.441. The molecule has 3 aromatic rings. The van der Waals surface area contributed by atoms with Crippen LogP contribution in [0.15, 0.2) is 58.8 Å². The van der Waals surface area contributed by atoms with E-state index < -0.39 is 6.03 Å². The minimum Gasteiger partial charge on any atom is -0.493 e. The van der Waals surface area contributed by atoms with Crippen molar-refractivity contribution in [3.05, 3.63) is 59.7 Å². The summed E-state index contributed by atoms with van der Waals surface area (Å²) in [4.78, 5) is 14.6. The Hall–Kier alpha value is -3.19. The number of nitrogens with zero attached hydrogens (tertiary/aromatic N) is 4. The van der Waals surface area contributed by atoms with Gasteiger partial charge < -0.3 is 15.0 Å². The number of carbonyl (C=O) groups excluding carboxylic acids is 1. The minimum absolute atomic E-state index is 0.0256. The van der Waals surface area contributed by atoms with Crippen LogP contribution in [0.2, 0.25) is 0 Å². The van der Waals surface area contributed by atoms with Crippen molar-refractivity contribution in [2.24, 2.45) is 10.2 Å². The number of rotatable bonds is 8. The molecule has 1 aromatic heterocycles. The molecule has 0 saturated heterocycles. The molecule has 7 nitrogen and oxygen atoms in total. The van der Waals surface area contributed by atoms with Crippen LogP contribution in [0.5, 0.6) is 5.88 Å². The van der Waals surface area contributed by atoms with E-state index in [0.29, 0.717) is 30.9 Å². The van der Waals surface area contributed by atoms with Gasteiger partial charge in [-0.25, -0.2) is 4.79 Å². The van der Waals surface area contributed by atoms with Crippen molar-refractivity contribution in [1.29, 1.82) is 0 Å². The maximum absolute atomic E-state index is 12.2. The number of azo groups is 1. The van der Waals surface area contributed by atoms with E-state index >= 15 is 0 Å². The van der Waals surface area contributed by atoms with Gasteiger partial charge in [0.2, 0.25) is 5.88 Å². The van der Waals surface area contributed by atoms with Gasteiger partial charge in [0.05, 0.1) is 5.52 Å². The molecule has 0 unspecified atom stereocenters. The lowest BCUT2D eigenvalue weighted by Gasteiger charge is -2.30. The summed E-state index contributed by atoms with van der Waals surface area (Å²) in [6.45, 7) is 12.4. The molecule has 2 amide bonds. The van der Waals surface area contributed by atoms with E-state index in [0.717, 1.165) is 28.6 Å². The second-order valence-corrected chi connectivity index (χ2v) is 8.61. The van der Waals surface area contributed by atoms with Gasteiger partial charge in [-0.3, -0.25) is 4.90 Å². The molecule has 0 aliphatic heterocycles. The predicted octanol–water partition coefficient (Wildman–Crippen LogP) is 5.77. The summed E-state index contributed by atoms with van der Waals surface area (Å²) in [5.74, 6) is 0.0256. The molecule has 0 spiro atoms. The molecular formula is C25H33N5O2. The van der Waals surface area contributed by atoms with E-state index in [1.165, 1.54) is 0 Å². The molecule has 7 heteroatoms. The molecule has 3 rings (SSSR count). The highest BCUT2D eigenvalue weighted by atomic mass is 16.3.